The zero-order chi connectivity index (χ0) is 22.1. The lowest BCUT2D eigenvalue weighted by Crippen LogP contribution is -2.37. The van der Waals surface area contributed by atoms with E-state index in [-0.39, 0.29) is 22.6 Å². The summed E-state index contributed by atoms with van der Waals surface area (Å²) in [4.78, 5) is 20.7. The lowest BCUT2D eigenvalue weighted by Gasteiger charge is -2.15. The molecule has 2 aliphatic rings. The highest BCUT2D eigenvalue weighted by Crippen LogP contribution is 2.35. The van der Waals surface area contributed by atoms with Crippen LogP contribution in [0.2, 0.25) is 0 Å². The summed E-state index contributed by atoms with van der Waals surface area (Å²) in [5, 5.41) is 5.90. The number of alkyl carbamates (subject to hydrolysis) is 1. The molecule has 1 amide bonds. The van der Waals surface area contributed by atoms with Crippen molar-refractivity contribution in [2.75, 3.05) is 19.0 Å². The van der Waals surface area contributed by atoms with Crippen molar-refractivity contribution in [1.82, 2.24) is 20.0 Å². The Balaban J connectivity index is 1.31. The maximum Gasteiger partial charge on any atom is 0.407 e. The fraction of sp³-hybridized carbons (Fsp3) is 0.450. The molecule has 31 heavy (non-hydrogen) atoms. The highest BCUT2D eigenvalue weighted by Gasteiger charge is 2.40. The standard InChI is InChI=1S/C20H25N5O5S/c1-20(7-8-20)25-19(26)30-15-9-17(29-12-15)13-10-22-18(23-11-13)24-14-3-5-16(6-4-14)31(27,28)21-2/h3-6,10-11,15,17,21H,7-9,12H2,1-2H3,(H,25,26)(H,22,23,24). The molecule has 1 aliphatic heterocycles. The van der Waals surface area contributed by atoms with E-state index in [1.165, 1.54) is 19.2 Å². The zero-order valence-electron chi connectivity index (χ0n) is 17.3. The molecule has 0 bridgehead atoms. The predicted octanol–water partition coefficient (Wildman–Crippen LogP) is 2.24. The summed E-state index contributed by atoms with van der Waals surface area (Å²) in [5.74, 6) is 0.371. The molecule has 2 unspecified atom stereocenters. The number of aromatic nitrogens is 2. The van der Waals surface area contributed by atoms with Crippen LogP contribution >= 0.6 is 0 Å². The van der Waals surface area contributed by atoms with Crippen LogP contribution in [-0.4, -0.2) is 49.8 Å². The van der Waals surface area contributed by atoms with Crippen LogP contribution in [-0.2, 0) is 19.5 Å². The molecule has 0 spiro atoms. The Hall–Kier alpha value is -2.76. The first-order chi connectivity index (χ1) is 14.8. The van der Waals surface area contributed by atoms with Crippen molar-refractivity contribution in [3.05, 3.63) is 42.2 Å². The summed E-state index contributed by atoms with van der Waals surface area (Å²) >= 11 is 0. The number of anilines is 2. The van der Waals surface area contributed by atoms with Gasteiger partial charge in [0.2, 0.25) is 16.0 Å². The van der Waals surface area contributed by atoms with Gasteiger partial charge < -0.3 is 20.1 Å². The molecule has 3 N–H and O–H groups in total. The van der Waals surface area contributed by atoms with Gasteiger partial charge >= 0.3 is 6.09 Å². The van der Waals surface area contributed by atoms with Gasteiger partial charge in [-0.15, -0.1) is 0 Å². The summed E-state index contributed by atoms with van der Waals surface area (Å²) in [6.07, 6.45) is 4.86. The molecule has 0 radical (unpaired) electrons. The van der Waals surface area contributed by atoms with Crippen LogP contribution in [0.25, 0.3) is 0 Å². The van der Waals surface area contributed by atoms with Gasteiger partial charge in [-0.25, -0.2) is 27.9 Å². The van der Waals surface area contributed by atoms with Crippen molar-refractivity contribution < 1.29 is 22.7 Å². The molecule has 1 aliphatic carbocycles. The first-order valence-corrected chi connectivity index (χ1v) is 11.5. The lowest BCUT2D eigenvalue weighted by molar-refractivity contribution is 0.0683. The second-order valence-electron chi connectivity index (χ2n) is 7.97. The molecule has 2 fully saturated rings. The number of amides is 1. The number of benzene rings is 1. The van der Waals surface area contributed by atoms with E-state index in [1.807, 2.05) is 6.92 Å². The van der Waals surface area contributed by atoms with Gasteiger partial charge in [0.15, 0.2) is 0 Å². The van der Waals surface area contributed by atoms with Crippen molar-refractivity contribution in [3.8, 4) is 0 Å². The monoisotopic (exact) mass is 447 g/mol. The van der Waals surface area contributed by atoms with Crippen LogP contribution in [0.5, 0.6) is 0 Å². The number of nitrogens with zero attached hydrogens (tertiary/aromatic N) is 2. The van der Waals surface area contributed by atoms with Gasteiger partial charge in [0.05, 0.1) is 17.6 Å². The number of rotatable bonds is 7. The minimum atomic E-state index is -3.48. The van der Waals surface area contributed by atoms with Crippen molar-refractivity contribution in [1.29, 1.82) is 0 Å². The van der Waals surface area contributed by atoms with Gasteiger partial charge in [-0.1, -0.05) is 0 Å². The number of carbonyl (C=O) groups excluding carboxylic acids is 1. The largest absolute Gasteiger partial charge is 0.444 e. The average molecular weight is 448 g/mol. The van der Waals surface area contributed by atoms with Gasteiger partial charge in [0.1, 0.15) is 6.10 Å². The molecule has 1 aromatic carbocycles. The number of hydrogen-bond acceptors (Lipinski definition) is 8. The van der Waals surface area contributed by atoms with E-state index in [9.17, 15) is 13.2 Å². The van der Waals surface area contributed by atoms with E-state index in [4.69, 9.17) is 9.47 Å². The summed E-state index contributed by atoms with van der Waals surface area (Å²) in [6, 6.07) is 6.26. The van der Waals surface area contributed by atoms with Crippen LogP contribution in [0.15, 0.2) is 41.6 Å². The highest BCUT2D eigenvalue weighted by atomic mass is 32.2. The molecule has 2 heterocycles. The third-order valence-corrected chi connectivity index (χ3v) is 6.80. The Kier molecular flexibility index (Phi) is 5.82. The van der Waals surface area contributed by atoms with E-state index < -0.39 is 16.1 Å². The smallest absolute Gasteiger partial charge is 0.407 e. The predicted molar refractivity (Wildman–Crippen MR) is 112 cm³/mol. The minimum absolute atomic E-state index is 0.117. The Morgan fingerprint density at radius 2 is 1.87 bits per heavy atom. The minimum Gasteiger partial charge on any atom is -0.444 e. The number of nitrogens with one attached hydrogen (secondary N) is 3. The number of ether oxygens (including phenoxy) is 2. The molecule has 11 heteroatoms. The van der Waals surface area contributed by atoms with Gasteiger partial charge in [-0.2, -0.15) is 0 Å². The van der Waals surface area contributed by atoms with Crippen molar-refractivity contribution in [2.45, 2.75) is 48.8 Å². The van der Waals surface area contributed by atoms with Crippen LogP contribution in [0.4, 0.5) is 16.4 Å². The van der Waals surface area contributed by atoms with Gasteiger partial charge in [-0.3, -0.25) is 0 Å². The van der Waals surface area contributed by atoms with Gasteiger partial charge in [-0.05, 0) is 51.1 Å². The molecule has 10 nitrogen and oxygen atoms in total. The van der Waals surface area contributed by atoms with Crippen LogP contribution < -0.4 is 15.4 Å². The highest BCUT2D eigenvalue weighted by molar-refractivity contribution is 7.89. The second-order valence-corrected chi connectivity index (χ2v) is 9.85. The Bertz CT molecular complexity index is 1040. The molecular formula is C20H25N5O5S. The van der Waals surface area contributed by atoms with Crippen LogP contribution in [0.1, 0.15) is 37.9 Å². The summed E-state index contributed by atoms with van der Waals surface area (Å²) < 4.78 is 37.0. The maximum absolute atomic E-state index is 12.0. The SMILES string of the molecule is CNS(=O)(=O)c1ccc(Nc2ncc(C3CC(OC(=O)NC4(C)CC4)CO3)cn2)cc1. The van der Waals surface area contributed by atoms with E-state index in [0.717, 1.165) is 18.4 Å². The molecule has 1 saturated heterocycles. The number of sulfonamides is 1. The fourth-order valence-electron chi connectivity index (χ4n) is 3.19. The fourth-order valence-corrected chi connectivity index (χ4v) is 3.92. The quantitative estimate of drug-likeness (QED) is 0.589. The number of carbonyl (C=O) groups is 1. The summed E-state index contributed by atoms with van der Waals surface area (Å²) in [6.45, 7) is 2.32. The third-order valence-electron chi connectivity index (χ3n) is 5.37. The van der Waals surface area contributed by atoms with E-state index >= 15 is 0 Å². The molecule has 1 saturated carbocycles. The van der Waals surface area contributed by atoms with E-state index in [1.54, 1.807) is 24.5 Å². The van der Waals surface area contributed by atoms with Crippen molar-refractivity contribution >= 4 is 27.8 Å². The molecule has 1 aromatic heterocycles. The molecule has 4 rings (SSSR count). The van der Waals surface area contributed by atoms with Crippen LogP contribution in [0, 0.1) is 0 Å². The third kappa shape index (κ3) is 5.30. The number of hydrogen-bond donors (Lipinski definition) is 3. The maximum atomic E-state index is 12.0. The van der Waals surface area contributed by atoms with E-state index in [0.29, 0.717) is 24.7 Å². The second kappa shape index (κ2) is 8.40. The summed E-state index contributed by atoms with van der Waals surface area (Å²) in [7, 11) is -2.12. The Morgan fingerprint density at radius 3 is 2.48 bits per heavy atom. The first-order valence-electron chi connectivity index (χ1n) is 9.99. The average Bonchev–Trinajstić information content (AvgIpc) is 3.29. The lowest BCUT2D eigenvalue weighted by atomic mass is 10.1. The molecule has 2 aromatic rings. The molecule has 166 valence electrons. The van der Waals surface area contributed by atoms with Crippen molar-refractivity contribution in [3.63, 3.8) is 0 Å². The Morgan fingerprint density at radius 1 is 1.19 bits per heavy atom. The first kappa shape index (κ1) is 21.5. The zero-order valence-corrected chi connectivity index (χ0v) is 18.1. The topological polar surface area (TPSA) is 132 Å². The summed E-state index contributed by atoms with van der Waals surface area (Å²) in [5.41, 5.74) is 1.33. The molecular weight excluding hydrogens is 422 g/mol. The molecule has 2 atom stereocenters. The van der Waals surface area contributed by atoms with Gasteiger partial charge in [0, 0.05) is 35.6 Å². The Labute approximate surface area is 180 Å². The van der Waals surface area contributed by atoms with Gasteiger partial charge in [0.25, 0.3) is 0 Å². The van der Waals surface area contributed by atoms with Crippen molar-refractivity contribution in [2.24, 2.45) is 0 Å². The van der Waals surface area contributed by atoms with Crippen LogP contribution in [0.3, 0.4) is 0 Å². The van der Waals surface area contributed by atoms with E-state index in [2.05, 4.69) is 25.3 Å². The normalized spacial score (nSPS) is 22.0.